The molecule has 0 bridgehead atoms. The molecular weight excluding hydrogens is 334 g/mol. The number of fused-ring (bicyclic) bond motifs is 1. The summed E-state index contributed by atoms with van der Waals surface area (Å²) >= 11 is 0. The number of nitrogens with zero attached hydrogens (tertiary/aromatic N) is 2. The van der Waals surface area contributed by atoms with E-state index in [9.17, 15) is 4.91 Å². The van der Waals surface area contributed by atoms with Crippen LogP contribution >= 0.6 is 0 Å². The van der Waals surface area contributed by atoms with Gasteiger partial charge < -0.3 is 0 Å². The van der Waals surface area contributed by atoms with Crippen molar-refractivity contribution in [2.24, 2.45) is 11.1 Å². The van der Waals surface area contributed by atoms with Gasteiger partial charge in [0.15, 0.2) is 0 Å². The van der Waals surface area contributed by atoms with Crippen LogP contribution in [0.1, 0.15) is 47.0 Å². The Balaban J connectivity index is 1.62. The van der Waals surface area contributed by atoms with E-state index < -0.39 is 0 Å². The molecule has 0 aliphatic heterocycles. The lowest BCUT2D eigenvalue weighted by atomic mass is 9.68. The number of aromatic amines is 1. The molecule has 2 aliphatic rings. The highest BCUT2D eigenvalue weighted by atomic mass is 16.3. The molecule has 1 fully saturated rings. The Morgan fingerprint density at radius 2 is 1.63 bits per heavy atom. The summed E-state index contributed by atoms with van der Waals surface area (Å²) in [5.41, 5.74) is 5.20. The molecule has 1 N–H and O–H groups in total. The van der Waals surface area contributed by atoms with Gasteiger partial charge in [-0.1, -0.05) is 78.0 Å². The van der Waals surface area contributed by atoms with Gasteiger partial charge in [-0.15, -0.1) is 0 Å². The minimum atomic E-state index is -0.324. The average Bonchev–Trinajstić information content (AvgIpc) is 3.49. The first-order chi connectivity index (χ1) is 13.3. The van der Waals surface area contributed by atoms with Crippen LogP contribution < -0.4 is 0 Å². The van der Waals surface area contributed by atoms with Gasteiger partial charge in [0, 0.05) is 23.1 Å². The summed E-state index contributed by atoms with van der Waals surface area (Å²) in [6.45, 7) is 0. The highest BCUT2D eigenvalue weighted by Gasteiger charge is 2.40. The van der Waals surface area contributed by atoms with Crippen LogP contribution in [0.2, 0.25) is 0 Å². The Labute approximate surface area is 158 Å². The van der Waals surface area contributed by atoms with E-state index in [4.69, 9.17) is 0 Å². The summed E-state index contributed by atoms with van der Waals surface area (Å²) in [5.74, 6) is 0.359. The van der Waals surface area contributed by atoms with E-state index in [1.807, 2.05) is 12.1 Å². The maximum atomic E-state index is 11.4. The van der Waals surface area contributed by atoms with Crippen LogP contribution in [0.4, 0.5) is 0 Å². The monoisotopic (exact) mass is 355 g/mol. The van der Waals surface area contributed by atoms with E-state index in [0.717, 1.165) is 36.2 Å². The Hall–Kier alpha value is -3.01. The van der Waals surface area contributed by atoms with Crippen molar-refractivity contribution >= 4 is 6.08 Å². The number of allylic oxidation sites excluding steroid dienone is 1. The van der Waals surface area contributed by atoms with Crippen LogP contribution in [-0.4, -0.2) is 10.2 Å². The second-order valence-corrected chi connectivity index (χ2v) is 7.60. The molecule has 4 heteroatoms. The first-order valence-corrected chi connectivity index (χ1v) is 9.52. The second-order valence-electron chi connectivity index (χ2n) is 7.60. The highest BCUT2D eigenvalue weighted by Crippen LogP contribution is 2.47. The molecule has 5 rings (SSSR count). The second kappa shape index (κ2) is 6.31. The maximum absolute atomic E-state index is 11.4. The number of nitroso groups, excluding NO2 is 1. The smallest absolute Gasteiger partial charge is 0.139 e. The molecule has 2 aromatic carbocycles. The van der Waals surface area contributed by atoms with Crippen molar-refractivity contribution in [3.05, 3.63) is 99.7 Å². The molecule has 27 heavy (non-hydrogen) atoms. The molecule has 2 aliphatic carbocycles. The van der Waals surface area contributed by atoms with Crippen molar-refractivity contribution in [1.82, 2.24) is 10.2 Å². The molecule has 0 saturated heterocycles. The first-order valence-electron chi connectivity index (χ1n) is 9.52. The standard InChI is InChI=1S/C23H21N3O/c27-26-21(16-11-12-16)22-19-13-14-23(15-20(19)24-25-22,17-7-3-1-4-8-17)18-9-5-2-6-10-18/h1-10,13-14,16,21H,11-12,15H2,(H,24,25). The SMILES string of the molecule is O=NC(c1n[nH]c2c1C=CC(c1ccccc1)(c1ccccc1)C2)C1CC1. The van der Waals surface area contributed by atoms with Crippen LogP contribution in [0, 0.1) is 10.8 Å². The molecule has 1 atom stereocenters. The Kier molecular flexibility index (Phi) is 3.78. The topological polar surface area (TPSA) is 58.1 Å². The van der Waals surface area contributed by atoms with Gasteiger partial charge in [-0.2, -0.15) is 10.0 Å². The predicted molar refractivity (Wildman–Crippen MR) is 106 cm³/mol. The van der Waals surface area contributed by atoms with E-state index in [-0.39, 0.29) is 11.5 Å². The van der Waals surface area contributed by atoms with E-state index in [2.05, 4.69) is 76.1 Å². The van der Waals surface area contributed by atoms with Crippen molar-refractivity contribution in [2.75, 3.05) is 0 Å². The number of hydrogen-bond acceptors (Lipinski definition) is 3. The third-order valence-electron chi connectivity index (χ3n) is 5.94. The fraction of sp³-hybridized carbons (Fsp3) is 0.261. The van der Waals surface area contributed by atoms with Gasteiger partial charge in [-0.3, -0.25) is 5.10 Å². The molecule has 4 nitrogen and oxygen atoms in total. The van der Waals surface area contributed by atoms with Crippen LogP contribution in [-0.2, 0) is 11.8 Å². The molecule has 1 saturated carbocycles. The van der Waals surface area contributed by atoms with E-state index in [1.54, 1.807) is 0 Å². The number of H-pyrrole nitrogens is 1. The maximum Gasteiger partial charge on any atom is 0.139 e. The van der Waals surface area contributed by atoms with Gasteiger partial charge in [0.25, 0.3) is 0 Å². The van der Waals surface area contributed by atoms with Crippen molar-refractivity contribution < 1.29 is 0 Å². The third kappa shape index (κ3) is 2.64. The number of aromatic nitrogens is 2. The third-order valence-corrected chi connectivity index (χ3v) is 5.94. The van der Waals surface area contributed by atoms with E-state index in [0.29, 0.717) is 5.92 Å². The van der Waals surface area contributed by atoms with Crippen molar-refractivity contribution in [3.8, 4) is 0 Å². The van der Waals surface area contributed by atoms with E-state index >= 15 is 0 Å². The van der Waals surface area contributed by atoms with Gasteiger partial charge in [-0.25, -0.2) is 0 Å². The summed E-state index contributed by atoms with van der Waals surface area (Å²) in [6, 6.07) is 20.8. The van der Waals surface area contributed by atoms with Gasteiger partial charge in [0.2, 0.25) is 0 Å². The lowest BCUT2D eigenvalue weighted by Gasteiger charge is -2.34. The minimum absolute atomic E-state index is 0.247. The zero-order valence-electron chi connectivity index (χ0n) is 15.0. The summed E-state index contributed by atoms with van der Waals surface area (Å²) in [6.07, 6.45) is 7.33. The Morgan fingerprint density at radius 3 is 2.19 bits per heavy atom. The molecule has 134 valence electrons. The van der Waals surface area contributed by atoms with Gasteiger partial charge in [0.05, 0.1) is 5.69 Å². The summed E-state index contributed by atoms with van der Waals surface area (Å²) < 4.78 is 0. The summed E-state index contributed by atoms with van der Waals surface area (Å²) in [7, 11) is 0. The number of nitrogens with one attached hydrogen (secondary N) is 1. The van der Waals surface area contributed by atoms with Crippen molar-refractivity contribution in [2.45, 2.75) is 30.7 Å². The zero-order chi connectivity index (χ0) is 18.3. The summed E-state index contributed by atoms with van der Waals surface area (Å²) in [5, 5.41) is 11.1. The fourth-order valence-electron chi connectivity index (χ4n) is 4.32. The van der Waals surface area contributed by atoms with Crippen molar-refractivity contribution in [3.63, 3.8) is 0 Å². The minimum Gasteiger partial charge on any atom is -0.282 e. The molecule has 0 amide bonds. The number of rotatable bonds is 5. The lowest BCUT2D eigenvalue weighted by molar-refractivity contribution is 0.609. The zero-order valence-corrected chi connectivity index (χ0v) is 15.0. The normalized spacial score (nSPS) is 18.7. The highest BCUT2D eigenvalue weighted by molar-refractivity contribution is 5.65. The van der Waals surface area contributed by atoms with Crippen LogP contribution in [0.15, 0.2) is 71.9 Å². The van der Waals surface area contributed by atoms with Crippen LogP contribution in [0.3, 0.4) is 0 Å². The molecular formula is C23H21N3O. The lowest BCUT2D eigenvalue weighted by Crippen LogP contribution is -2.30. The predicted octanol–water partition coefficient (Wildman–Crippen LogP) is 5.18. The average molecular weight is 355 g/mol. The molecule has 0 radical (unpaired) electrons. The summed E-state index contributed by atoms with van der Waals surface area (Å²) in [4.78, 5) is 11.4. The van der Waals surface area contributed by atoms with Gasteiger partial charge in [-0.05, 0) is 29.9 Å². The number of benzene rings is 2. The molecule has 1 unspecified atom stereocenters. The van der Waals surface area contributed by atoms with E-state index in [1.165, 1.54) is 11.1 Å². The van der Waals surface area contributed by atoms with Crippen molar-refractivity contribution in [1.29, 1.82) is 0 Å². The van der Waals surface area contributed by atoms with Gasteiger partial charge >= 0.3 is 0 Å². The van der Waals surface area contributed by atoms with Crippen LogP contribution in [0.25, 0.3) is 6.08 Å². The quantitative estimate of drug-likeness (QED) is 0.641. The Bertz CT molecular complexity index is 947. The Morgan fingerprint density at radius 1 is 1.00 bits per heavy atom. The van der Waals surface area contributed by atoms with Gasteiger partial charge in [0.1, 0.15) is 6.04 Å². The van der Waals surface area contributed by atoms with Crippen LogP contribution in [0.5, 0.6) is 0 Å². The fourth-order valence-corrected chi connectivity index (χ4v) is 4.32. The molecule has 0 spiro atoms. The molecule has 3 aromatic rings. The molecule has 1 heterocycles. The largest absolute Gasteiger partial charge is 0.282 e. The first kappa shape index (κ1) is 16.2. The molecule has 1 aromatic heterocycles. The number of hydrogen-bond donors (Lipinski definition) is 1.